The molecular weight excluding hydrogens is 398 g/mol. The maximum Gasteiger partial charge on any atom is 0.234 e. The lowest BCUT2D eigenvalue weighted by Gasteiger charge is -2.17. The van der Waals surface area contributed by atoms with Gasteiger partial charge in [0.25, 0.3) is 0 Å². The van der Waals surface area contributed by atoms with Crippen molar-refractivity contribution < 1.29 is 9.53 Å². The highest BCUT2D eigenvalue weighted by molar-refractivity contribution is 5.85. The first-order valence-electron chi connectivity index (χ1n) is 10.5. The highest BCUT2D eigenvalue weighted by Crippen LogP contribution is 2.31. The Morgan fingerprint density at radius 2 is 1.77 bits per heavy atom. The monoisotopic (exact) mass is 431 g/mol. The molecule has 164 valence electrons. The summed E-state index contributed by atoms with van der Waals surface area (Å²) in [6, 6.07) is 18.6. The van der Waals surface area contributed by atoms with Gasteiger partial charge in [-0.3, -0.25) is 9.69 Å². The van der Waals surface area contributed by atoms with E-state index in [-0.39, 0.29) is 24.4 Å². The SMILES string of the molecule is CC(C)OCc1ccccc1CNC(=O)CN1C[C@@H](CN)[C@H](c2ccccc2)C1.Cl. The Balaban J connectivity index is 0.00000320. The number of nitrogens with one attached hydrogen (secondary N) is 1. The number of nitrogens with two attached hydrogens (primary N) is 1. The number of halogens is 1. The number of rotatable bonds is 9. The molecule has 1 saturated heterocycles. The summed E-state index contributed by atoms with van der Waals surface area (Å²) < 4.78 is 5.73. The minimum atomic E-state index is 0. The van der Waals surface area contributed by atoms with Gasteiger partial charge in [-0.25, -0.2) is 0 Å². The summed E-state index contributed by atoms with van der Waals surface area (Å²) in [5, 5.41) is 3.07. The van der Waals surface area contributed by atoms with Gasteiger partial charge in [-0.05, 0) is 43.0 Å². The maximum absolute atomic E-state index is 12.6. The molecule has 3 N–H and O–H groups in total. The molecule has 1 fully saturated rings. The van der Waals surface area contributed by atoms with Gasteiger partial charge in [0.1, 0.15) is 0 Å². The first-order valence-corrected chi connectivity index (χ1v) is 10.5. The molecular formula is C24H34ClN3O2. The highest BCUT2D eigenvalue weighted by atomic mass is 35.5. The predicted octanol–water partition coefficient (Wildman–Crippen LogP) is 3.32. The van der Waals surface area contributed by atoms with Crippen LogP contribution in [0.25, 0.3) is 0 Å². The molecule has 0 aromatic heterocycles. The molecule has 6 heteroatoms. The minimum Gasteiger partial charge on any atom is -0.374 e. The van der Waals surface area contributed by atoms with Gasteiger partial charge >= 0.3 is 0 Å². The number of likely N-dealkylation sites (tertiary alicyclic amines) is 1. The molecule has 1 heterocycles. The van der Waals surface area contributed by atoms with Crippen LogP contribution in [0.2, 0.25) is 0 Å². The van der Waals surface area contributed by atoms with Crippen LogP contribution in [0.3, 0.4) is 0 Å². The number of amides is 1. The van der Waals surface area contributed by atoms with E-state index in [1.165, 1.54) is 5.56 Å². The molecule has 3 rings (SSSR count). The van der Waals surface area contributed by atoms with Crippen molar-refractivity contribution in [1.29, 1.82) is 0 Å². The largest absolute Gasteiger partial charge is 0.374 e. The van der Waals surface area contributed by atoms with E-state index in [0.29, 0.717) is 38.1 Å². The van der Waals surface area contributed by atoms with Gasteiger partial charge in [0.05, 0.1) is 19.3 Å². The second-order valence-electron chi connectivity index (χ2n) is 8.11. The number of benzene rings is 2. The Morgan fingerprint density at radius 3 is 2.43 bits per heavy atom. The van der Waals surface area contributed by atoms with Crippen LogP contribution in [0, 0.1) is 5.92 Å². The molecule has 0 unspecified atom stereocenters. The molecule has 1 amide bonds. The van der Waals surface area contributed by atoms with E-state index in [9.17, 15) is 4.79 Å². The average Bonchev–Trinajstić information content (AvgIpc) is 3.14. The fourth-order valence-electron chi connectivity index (χ4n) is 3.99. The van der Waals surface area contributed by atoms with Gasteiger partial charge < -0.3 is 15.8 Å². The van der Waals surface area contributed by atoms with Crippen molar-refractivity contribution in [2.75, 3.05) is 26.2 Å². The van der Waals surface area contributed by atoms with Gasteiger partial charge in [-0.2, -0.15) is 0 Å². The normalized spacial score (nSPS) is 18.9. The van der Waals surface area contributed by atoms with Crippen molar-refractivity contribution in [1.82, 2.24) is 10.2 Å². The summed E-state index contributed by atoms with van der Waals surface area (Å²) in [4.78, 5) is 14.8. The molecule has 0 aliphatic carbocycles. The minimum absolute atomic E-state index is 0. The summed E-state index contributed by atoms with van der Waals surface area (Å²) in [7, 11) is 0. The maximum atomic E-state index is 12.6. The van der Waals surface area contributed by atoms with E-state index in [1.54, 1.807) is 0 Å². The average molecular weight is 432 g/mol. The van der Waals surface area contributed by atoms with Crippen molar-refractivity contribution in [2.24, 2.45) is 11.7 Å². The zero-order chi connectivity index (χ0) is 20.6. The summed E-state index contributed by atoms with van der Waals surface area (Å²) in [6.07, 6.45) is 0.181. The molecule has 5 nitrogen and oxygen atoms in total. The Bertz CT molecular complexity index is 785. The molecule has 1 aliphatic heterocycles. The van der Waals surface area contributed by atoms with Gasteiger partial charge in [0.15, 0.2) is 0 Å². The number of carbonyl (C=O) groups is 1. The highest BCUT2D eigenvalue weighted by Gasteiger charge is 2.33. The Morgan fingerprint density at radius 1 is 1.10 bits per heavy atom. The smallest absolute Gasteiger partial charge is 0.234 e. The quantitative estimate of drug-likeness (QED) is 0.639. The van der Waals surface area contributed by atoms with E-state index < -0.39 is 0 Å². The summed E-state index contributed by atoms with van der Waals surface area (Å²) >= 11 is 0. The van der Waals surface area contributed by atoms with Crippen molar-refractivity contribution in [3.8, 4) is 0 Å². The van der Waals surface area contributed by atoms with Crippen molar-refractivity contribution in [2.45, 2.75) is 39.0 Å². The Hall–Kier alpha value is -1.92. The van der Waals surface area contributed by atoms with Crippen LogP contribution >= 0.6 is 12.4 Å². The second-order valence-corrected chi connectivity index (χ2v) is 8.11. The molecule has 2 aromatic rings. The summed E-state index contributed by atoms with van der Waals surface area (Å²) in [5.74, 6) is 0.830. The van der Waals surface area contributed by atoms with E-state index >= 15 is 0 Å². The van der Waals surface area contributed by atoms with Crippen LogP contribution in [-0.4, -0.2) is 43.1 Å². The van der Waals surface area contributed by atoms with Crippen molar-refractivity contribution in [3.05, 3.63) is 71.3 Å². The third-order valence-electron chi connectivity index (χ3n) is 5.58. The summed E-state index contributed by atoms with van der Waals surface area (Å²) in [6.45, 7) is 7.92. The molecule has 0 spiro atoms. The molecule has 0 radical (unpaired) electrons. The molecule has 0 saturated carbocycles. The zero-order valence-electron chi connectivity index (χ0n) is 17.9. The number of carbonyl (C=O) groups excluding carboxylic acids is 1. The second kappa shape index (κ2) is 12.1. The third kappa shape index (κ3) is 6.81. The van der Waals surface area contributed by atoms with Gasteiger partial charge in [-0.1, -0.05) is 54.6 Å². The molecule has 30 heavy (non-hydrogen) atoms. The number of hydrogen-bond acceptors (Lipinski definition) is 4. The molecule has 2 aromatic carbocycles. The first-order chi connectivity index (χ1) is 14.1. The van der Waals surface area contributed by atoms with E-state index in [4.69, 9.17) is 10.5 Å². The van der Waals surface area contributed by atoms with Crippen LogP contribution in [0.4, 0.5) is 0 Å². The Labute approximate surface area is 186 Å². The van der Waals surface area contributed by atoms with E-state index in [0.717, 1.165) is 24.2 Å². The van der Waals surface area contributed by atoms with Crippen LogP contribution in [-0.2, 0) is 22.7 Å². The van der Waals surface area contributed by atoms with E-state index in [1.807, 2.05) is 38.1 Å². The molecule has 1 aliphatic rings. The lowest BCUT2D eigenvalue weighted by atomic mass is 9.89. The molecule has 0 bridgehead atoms. The zero-order valence-corrected chi connectivity index (χ0v) is 18.7. The lowest BCUT2D eigenvalue weighted by Crippen LogP contribution is -2.36. The van der Waals surface area contributed by atoms with E-state index in [2.05, 4.69) is 40.5 Å². The van der Waals surface area contributed by atoms with Crippen LogP contribution in [0.5, 0.6) is 0 Å². The third-order valence-corrected chi connectivity index (χ3v) is 5.58. The van der Waals surface area contributed by atoms with Gasteiger partial charge in [0, 0.05) is 25.6 Å². The van der Waals surface area contributed by atoms with Gasteiger partial charge in [-0.15, -0.1) is 12.4 Å². The standard InChI is InChI=1S/C24H33N3O2.ClH/c1-18(2)29-17-21-11-7-6-10-20(21)13-26-24(28)16-27-14-22(12-25)23(15-27)19-8-4-3-5-9-19;/h3-11,18,22-23H,12-17,25H2,1-2H3,(H,26,28);1H/t22-,23+;/m1./s1. The fourth-order valence-corrected chi connectivity index (χ4v) is 3.99. The number of nitrogens with zero attached hydrogens (tertiary/aromatic N) is 1. The lowest BCUT2D eigenvalue weighted by molar-refractivity contribution is -0.122. The number of hydrogen-bond donors (Lipinski definition) is 2. The fraction of sp³-hybridized carbons (Fsp3) is 0.458. The van der Waals surface area contributed by atoms with Crippen LogP contribution < -0.4 is 11.1 Å². The van der Waals surface area contributed by atoms with Gasteiger partial charge in [0.2, 0.25) is 5.91 Å². The van der Waals surface area contributed by atoms with Crippen molar-refractivity contribution in [3.63, 3.8) is 0 Å². The Kier molecular flexibility index (Phi) is 9.79. The van der Waals surface area contributed by atoms with Crippen molar-refractivity contribution >= 4 is 18.3 Å². The predicted molar refractivity (Wildman–Crippen MR) is 124 cm³/mol. The first kappa shape index (κ1) is 24.4. The van der Waals surface area contributed by atoms with Crippen LogP contribution in [0.15, 0.2) is 54.6 Å². The van der Waals surface area contributed by atoms with Crippen LogP contribution in [0.1, 0.15) is 36.5 Å². The topological polar surface area (TPSA) is 67.6 Å². The number of ether oxygens (including phenoxy) is 1. The summed E-state index contributed by atoms with van der Waals surface area (Å²) in [5.41, 5.74) is 9.55. The molecule has 2 atom stereocenters.